The third-order valence-electron chi connectivity index (χ3n) is 4.22. The average Bonchev–Trinajstić information content (AvgIpc) is 3.16. The van der Waals surface area contributed by atoms with E-state index in [9.17, 15) is 19.5 Å². The lowest BCUT2D eigenvalue weighted by atomic mass is 10.1. The molecule has 1 N–H and O–H groups in total. The molecule has 1 saturated heterocycles. The van der Waals surface area contributed by atoms with E-state index < -0.39 is 24.3 Å². The van der Waals surface area contributed by atoms with Crippen LogP contribution in [0.2, 0.25) is 10.0 Å². The maximum atomic E-state index is 12.9. The number of nitrogens with one attached hydrogen (secondary N) is 1. The van der Waals surface area contributed by atoms with Crippen molar-refractivity contribution in [1.82, 2.24) is 5.32 Å². The number of thioether (sulfide) groups is 1. The summed E-state index contributed by atoms with van der Waals surface area (Å²) < 4.78 is 0. The number of anilines is 1. The van der Waals surface area contributed by atoms with Crippen molar-refractivity contribution in [3.63, 3.8) is 0 Å². The fourth-order valence-corrected chi connectivity index (χ4v) is 4.27. The first-order valence-corrected chi connectivity index (χ1v) is 9.81. The van der Waals surface area contributed by atoms with Crippen LogP contribution in [0.3, 0.4) is 0 Å². The number of carboxylic acids is 1. The first kappa shape index (κ1) is 19.5. The molecule has 0 saturated carbocycles. The quantitative estimate of drug-likeness (QED) is 0.728. The summed E-state index contributed by atoms with van der Waals surface area (Å²) in [6.45, 7) is -0.613. The molecular formula is C19H10Cl2N3O4S-. The summed E-state index contributed by atoms with van der Waals surface area (Å²) in [5.41, 5.74) is 1.36. The number of aliphatic imine (C=N–C) groups is 1. The number of carbonyl (C=O) groups is 3. The number of hydrogen-bond acceptors (Lipinski definition) is 6. The number of amides is 2. The van der Waals surface area contributed by atoms with Crippen LogP contribution < -0.4 is 15.3 Å². The Labute approximate surface area is 179 Å². The number of para-hydroxylation sites is 1. The van der Waals surface area contributed by atoms with Crippen LogP contribution in [-0.2, 0) is 14.4 Å². The fourth-order valence-electron chi connectivity index (χ4n) is 3.01. The second-order valence-electron chi connectivity index (χ2n) is 6.03. The van der Waals surface area contributed by atoms with Gasteiger partial charge in [0.05, 0.1) is 44.4 Å². The average molecular weight is 447 g/mol. The molecule has 0 atom stereocenters. The van der Waals surface area contributed by atoms with Crippen LogP contribution in [0.1, 0.15) is 5.56 Å². The van der Waals surface area contributed by atoms with E-state index in [-0.39, 0.29) is 20.7 Å². The highest BCUT2D eigenvalue weighted by atomic mass is 35.5. The van der Waals surface area contributed by atoms with E-state index in [1.807, 2.05) is 0 Å². The maximum Gasteiger partial charge on any atom is 0.264 e. The zero-order valence-corrected chi connectivity index (χ0v) is 16.8. The number of nitrogens with zero attached hydrogens (tertiary/aromatic N) is 2. The van der Waals surface area contributed by atoms with Gasteiger partial charge in [-0.1, -0.05) is 47.5 Å². The maximum absolute atomic E-state index is 12.9. The SMILES string of the molecule is O=C([O-])CN1C(=O)/C(=C2\SC(=Nc3cccc(Cl)c3Cl)NC2=O)c2ccccc21. The largest absolute Gasteiger partial charge is 0.548 e. The molecule has 1 fully saturated rings. The third-order valence-corrected chi connectivity index (χ3v) is 6.01. The van der Waals surface area contributed by atoms with Crippen molar-refractivity contribution < 1.29 is 19.5 Å². The highest BCUT2D eigenvalue weighted by Gasteiger charge is 2.39. The van der Waals surface area contributed by atoms with Gasteiger partial charge in [-0.2, -0.15) is 0 Å². The summed E-state index contributed by atoms with van der Waals surface area (Å²) in [7, 11) is 0. The van der Waals surface area contributed by atoms with E-state index in [0.717, 1.165) is 16.7 Å². The van der Waals surface area contributed by atoms with Crippen molar-refractivity contribution in [1.29, 1.82) is 0 Å². The number of carboxylic acid groups (broad SMARTS) is 1. The van der Waals surface area contributed by atoms with E-state index >= 15 is 0 Å². The van der Waals surface area contributed by atoms with Crippen LogP contribution in [0.4, 0.5) is 11.4 Å². The number of halogens is 2. The second-order valence-corrected chi connectivity index (χ2v) is 7.81. The Morgan fingerprint density at radius 3 is 2.66 bits per heavy atom. The molecule has 4 rings (SSSR count). The number of hydrogen-bond donors (Lipinski definition) is 1. The lowest BCUT2D eigenvalue weighted by Gasteiger charge is -2.17. The summed E-state index contributed by atoms with van der Waals surface area (Å²) in [5, 5.41) is 14.4. The summed E-state index contributed by atoms with van der Waals surface area (Å²) in [5.74, 6) is -2.50. The molecular weight excluding hydrogens is 437 g/mol. The molecule has 10 heteroatoms. The zero-order chi connectivity index (χ0) is 20.7. The van der Waals surface area contributed by atoms with Gasteiger partial charge in [0.25, 0.3) is 11.8 Å². The minimum atomic E-state index is -1.40. The highest BCUT2D eigenvalue weighted by molar-refractivity contribution is 8.18. The first-order valence-electron chi connectivity index (χ1n) is 8.24. The van der Waals surface area contributed by atoms with Crippen LogP contribution in [-0.4, -0.2) is 29.5 Å². The van der Waals surface area contributed by atoms with Crippen molar-refractivity contribution in [3.05, 3.63) is 63.0 Å². The van der Waals surface area contributed by atoms with Crippen LogP contribution in [0.15, 0.2) is 52.4 Å². The van der Waals surface area contributed by atoms with E-state index in [2.05, 4.69) is 10.3 Å². The normalized spacial score (nSPS) is 19.7. The molecule has 2 aliphatic heterocycles. The highest BCUT2D eigenvalue weighted by Crippen LogP contribution is 2.43. The fraction of sp³-hybridized carbons (Fsp3) is 0.0526. The summed E-state index contributed by atoms with van der Waals surface area (Å²) in [6, 6.07) is 11.6. The number of amidine groups is 1. The first-order chi connectivity index (χ1) is 13.9. The Hall–Kier alpha value is -2.81. The molecule has 0 unspecified atom stereocenters. The van der Waals surface area contributed by atoms with Gasteiger partial charge in [-0.05, 0) is 30.0 Å². The molecule has 2 amide bonds. The Balaban J connectivity index is 1.77. The summed E-state index contributed by atoms with van der Waals surface area (Å²) >= 11 is 13.1. The Morgan fingerprint density at radius 1 is 1.14 bits per heavy atom. The smallest absolute Gasteiger partial charge is 0.264 e. The predicted molar refractivity (Wildman–Crippen MR) is 110 cm³/mol. The van der Waals surface area contributed by atoms with Gasteiger partial charge in [-0.25, -0.2) is 4.99 Å². The lowest BCUT2D eigenvalue weighted by Crippen LogP contribution is -2.39. The molecule has 2 aromatic carbocycles. The third kappa shape index (κ3) is 3.50. The topological polar surface area (TPSA) is 102 Å². The van der Waals surface area contributed by atoms with Gasteiger partial charge in [0.15, 0.2) is 5.17 Å². The molecule has 29 heavy (non-hydrogen) atoms. The van der Waals surface area contributed by atoms with Gasteiger partial charge in [-0.3, -0.25) is 9.59 Å². The number of benzene rings is 2. The minimum absolute atomic E-state index is 0.117. The number of fused-ring (bicyclic) bond motifs is 1. The van der Waals surface area contributed by atoms with Crippen LogP contribution in [0, 0.1) is 0 Å². The number of carbonyl (C=O) groups excluding carboxylic acids is 3. The Bertz CT molecular complexity index is 1150. The second kappa shape index (κ2) is 7.55. The molecule has 2 aromatic rings. The Kier molecular flexibility index (Phi) is 5.08. The Morgan fingerprint density at radius 2 is 1.90 bits per heavy atom. The molecule has 146 valence electrons. The van der Waals surface area contributed by atoms with Gasteiger partial charge in [0.1, 0.15) is 0 Å². The molecule has 0 bridgehead atoms. The van der Waals surface area contributed by atoms with Crippen molar-refractivity contribution in [2.45, 2.75) is 0 Å². The van der Waals surface area contributed by atoms with Crippen molar-refractivity contribution in [2.75, 3.05) is 11.4 Å². The van der Waals surface area contributed by atoms with Crippen molar-refractivity contribution in [3.8, 4) is 0 Å². The summed E-state index contributed by atoms with van der Waals surface area (Å²) in [4.78, 5) is 42.0. The number of aliphatic carboxylic acids is 1. The zero-order valence-electron chi connectivity index (χ0n) is 14.4. The van der Waals surface area contributed by atoms with Gasteiger partial charge in [0.2, 0.25) is 0 Å². The van der Waals surface area contributed by atoms with Gasteiger partial charge in [-0.15, -0.1) is 0 Å². The minimum Gasteiger partial charge on any atom is -0.548 e. The van der Waals surface area contributed by atoms with E-state index in [1.54, 1.807) is 42.5 Å². The lowest BCUT2D eigenvalue weighted by molar-refractivity contribution is -0.303. The van der Waals surface area contributed by atoms with Crippen LogP contribution >= 0.6 is 35.0 Å². The predicted octanol–water partition coefficient (Wildman–Crippen LogP) is 2.35. The molecule has 0 aromatic heterocycles. The van der Waals surface area contributed by atoms with Crippen molar-refractivity contribution >= 4 is 74.9 Å². The monoisotopic (exact) mass is 446 g/mol. The van der Waals surface area contributed by atoms with Gasteiger partial charge >= 0.3 is 0 Å². The number of rotatable bonds is 3. The van der Waals surface area contributed by atoms with Crippen LogP contribution in [0.25, 0.3) is 5.57 Å². The molecule has 2 aliphatic rings. The molecule has 0 radical (unpaired) electrons. The molecule has 0 aliphatic carbocycles. The van der Waals surface area contributed by atoms with Gasteiger partial charge < -0.3 is 20.1 Å². The molecule has 0 spiro atoms. The van der Waals surface area contributed by atoms with E-state index in [4.69, 9.17) is 23.2 Å². The van der Waals surface area contributed by atoms with Gasteiger partial charge in [0, 0.05) is 5.56 Å². The molecule has 2 heterocycles. The summed E-state index contributed by atoms with van der Waals surface area (Å²) in [6.07, 6.45) is 0. The van der Waals surface area contributed by atoms with Crippen molar-refractivity contribution in [2.24, 2.45) is 4.99 Å². The molecule has 7 nitrogen and oxygen atoms in total. The van der Waals surface area contributed by atoms with Crippen LogP contribution in [0.5, 0.6) is 0 Å². The van der Waals surface area contributed by atoms with E-state index in [1.165, 1.54) is 0 Å². The standard InChI is InChI=1S/C19H11Cl2N3O4S/c20-10-5-3-6-11(15(10)21)22-19-23-17(27)16(29-19)14-9-4-1-2-7-12(9)24(18(14)28)8-13(25)26/h1-7H,8H2,(H,25,26)(H,22,23,27)/p-1/b16-14-. The van der Waals surface area contributed by atoms with E-state index in [0.29, 0.717) is 22.0 Å².